The summed E-state index contributed by atoms with van der Waals surface area (Å²) in [4.78, 5) is 26.3. The fraction of sp³-hybridized carbons (Fsp3) is 0.550. The van der Waals surface area contributed by atoms with E-state index in [1.54, 1.807) is 6.92 Å². The quantitative estimate of drug-likeness (QED) is 0.259. The molecule has 0 aliphatic carbocycles. The average Bonchev–Trinajstić information content (AvgIpc) is 3.36. The average molecular weight is 437 g/mol. The van der Waals surface area contributed by atoms with Crippen LogP contribution < -0.4 is 16.1 Å². The highest BCUT2D eigenvalue weighted by molar-refractivity contribution is 6.05. The highest BCUT2D eigenvalue weighted by Crippen LogP contribution is 2.24. The Labute approximate surface area is 179 Å². The van der Waals surface area contributed by atoms with Crippen LogP contribution in [0.1, 0.15) is 38.3 Å². The molecule has 1 amide bonds. The van der Waals surface area contributed by atoms with Gasteiger partial charge >= 0.3 is 5.84 Å². The molecule has 3 unspecified atom stereocenters. The SMILES string of the molecule is CCOCCCN=C(NC(=O)C1CNOC1C)NC1=[N+]=NC(c2cc(F)cc(F)c2)C1. The van der Waals surface area contributed by atoms with E-state index < -0.39 is 17.7 Å². The van der Waals surface area contributed by atoms with Crippen LogP contribution in [0.5, 0.6) is 0 Å². The Morgan fingerprint density at radius 2 is 2.16 bits per heavy atom. The number of hydrogen-bond donors (Lipinski definition) is 3. The van der Waals surface area contributed by atoms with Crippen molar-refractivity contribution in [2.75, 3.05) is 26.3 Å². The Morgan fingerprint density at radius 1 is 1.39 bits per heavy atom. The lowest BCUT2D eigenvalue weighted by atomic mass is 10.0. The summed E-state index contributed by atoms with van der Waals surface area (Å²) in [6, 6.07) is 2.75. The lowest BCUT2D eigenvalue weighted by Gasteiger charge is -2.12. The highest BCUT2D eigenvalue weighted by Gasteiger charge is 2.34. The Kier molecular flexibility index (Phi) is 8.19. The van der Waals surface area contributed by atoms with Gasteiger partial charge in [-0.05, 0) is 43.1 Å². The molecule has 1 aromatic carbocycles. The third-order valence-corrected chi connectivity index (χ3v) is 4.88. The van der Waals surface area contributed by atoms with E-state index in [0.29, 0.717) is 50.5 Å². The van der Waals surface area contributed by atoms with Crippen LogP contribution >= 0.6 is 0 Å². The number of hydroxylamine groups is 1. The lowest BCUT2D eigenvalue weighted by molar-refractivity contribution is -0.124. The number of nitrogens with zero attached hydrogens (tertiary/aromatic N) is 3. The summed E-state index contributed by atoms with van der Waals surface area (Å²) in [6.45, 7) is 5.73. The number of amides is 1. The zero-order valence-corrected chi connectivity index (χ0v) is 17.5. The van der Waals surface area contributed by atoms with E-state index in [1.165, 1.54) is 12.1 Å². The summed E-state index contributed by atoms with van der Waals surface area (Å²) >= 11 is 0. The zero-order chi connectivity index (χ0) is 22.2. The molecule has 31 heavy (non-hydrogen) atoms. The van der Waals surface area contributed by atoms with Crippen molar-refractivity contribution in [3.05, 3.63) is 35.4 Å². The maximum atomic E-state index is 13.5. The maximum Gasteiger partial charge on any atom is 0.384 e. The second-order valence-corrected chi connectivity index (χ2v) is 7.26. The molecule has 3 rings (SSSR count). The van der Waals surface area contributed by atoms with Gasteiger partial charge in [0.05, 0.1) is 12.0 Å². The number of amidine groups is 1. The van der Waals surface area contributed by atoms with Crippen LogP contribution in [0.2, 0.25) is 0 Å². The molecule has 11 heteroatoms. The number of hydrogen-bond acceptors (Lipinski definition) is 6. The number of halogens is 2. The molecule has 2 heterocycles. The van der Waals surface area contributed by atoms with E-state index in [1.807, 2.05) is 6.92 Å². The van der Waals surface area contributed by atoms with Gasteiger partial charge in [-0.15, -0.1) is 0 Å². The predicted octanol–water partition coefficient (Wildman–Crippen LogP) is 1.50. The second kappa shape index (κ2) is 11.1. The summed E-state index contributed by atoms with van der Waals surface area (Å²) in [5.41, 5.74) is 3.10. The van der Waals surface area contributed by atoms with Gasteiger partial charge in [0.25, 0.3) is 5.96 Å². The Bertz CT molecular complexity index is 867. The van der Waals surface area contributed by atoms with Gasteiger partial charge in [0, 0.05) is 32.4 Å². The van der Waals surface area contributed by atoms with Crippen molar-refractivity contribution < 1.29 is 27.9 Å². The fourth-order valence-electron chi connectivity index (χ4n) is 3.21. The monoisotopic (exact) mass is 437 g/mol. The molecular formula is C20H27F2N6O3+. The minimum Gasteiger partial charge on any atom is -0.382 e. The van der Waals surface area contributed by atoms with Crippen molar-refractivity contribution in [2.24, 2.45) is 16.0 Å². The summed E-state index contributed by atoms with van der Waals surface area (Å²) in [6.07, 6.45) is 0.702. The first-order chi connectivity index (χ1) is 15.0. The van der Waals surface area contributed by atoms with Crippen LogP contribution in [-0.2, 0) is 14.4 Å². The minimum atomic E-state index is -0.670. The molecule has 3 N–H and O–H groups in total. The summed E-state index contributed by atoms with van der Waals surface area (Å²) in [5.74, 6) is -1.27. The third kappa shape index (κ3) is 6.63. The van der Waals surface area contributed by atoms with Crippen LogP contribution in [0.3, 0.4) is 0 Å². The van der Waals surface area contributed by atoms with Crippen molar-refractivity contribution in [3.63, 3.8) is 0 Å². The van der Waals surface area contributed by atoms with Gasteiger partial charge in [-0.3, -0.25) is 14.9 Å². The molecule has 2 aliphatic rings. The number of carbonyl (C=O) groups is 1. The van der Waals surface area contributed by atoms with Crippen molar-refractivity contribution >= 4 is 17.7 Å². The number of ether oxygens (including phenoxy) is 1. The van der Waals surface area contributed by atoms with Crippen LogP contribution in [0, 0.1) is 17.6 Å². The van der Waals surface area contributed by atoms with Gasteiger partial charge in [-0.25, -0.2) is 19.3 Å². The van der Waals surface area contributed by atoms with E-state index in [0.717, 1.165) is 6.07 Å². The molecule has 1 aromatic rings. The topological polar surface area (TPSA) is 110 Å². The van der Waals surface area contributed by atoms with E-state index in [4.69, 9.17) is 9.57 Å². The van der Waals surface area contributed by atoms with E-state index in [2.05, 4.69) is 31.0 Å². The fourth-order valence-corrected chi connectivity index (χ4v) is 3.21. The number of carbonyl (C=O) groups excluding carboxylic acids is 1. The molecular weight excluding hydrogens is 410 g/mol. The van der Waals surface area contributed by atoms with E-state index >= 15 is 0 Å². The van der Waals surface area contributed by atoms with E-state index in [-0.39, 0.29) is 23.9 Å². The normalized spacial score (nSPS) is 23.2. The summed E-state index contributed by atoms with van der Waals surface area (Å²) < 4.78 is 32.3. The smallest absolute Gasteiger partial charge is 0.382 e. The first-order valence-electron chi connectivity index (χ1n) is 10.3. The largest absolute Gasteiger partial charge is 0.384 e. The van der Waals surface area contributed by atoms with Crippen molar-refractivity contribution in [3.8, 4) is 0 Å². The molecule has 0 saturated carbocycles. The third-order valence-electron chi connectivity index (χ3n) is 4.88. The second-order valence-electron chi connectivity index (χ2n) is 7.26. The molecule has 0 spiro atoms. The molecule has 0 aromatic heterocycles. The Hall–Kier alpha value is -2.72. The van der Waals surface area contributed by atoms with Crippen LogP contribution in [0.15, 0.2) is 28.3 Å². The van der Waals surface area contributed by atoms with Crippen LogP contribution in [0.25, 0.3) is 0 Å². The number of aliphatic imine (C=N–C) groups is 1. The Morgan fingerprint density at radius 3 is 2.84 bits per heavy atom. The molecule has 3 atom stereocenters. The molecule has 1 fully saturated rings. The van der Waals surface area contributed by atoms with Crippen LogP contribution in [-0.4, -0.2) is 54.9 Å². The molecule has 168 valence electrons. The van der Waals surface area contributed by atoms with Crippen molar-refractivity contribution in [1.82, 2.24) is 16.1 Å². The summed E-state index contributed by atoms with van der Waals surface area (Å²) in [7, 11) is 0. The number of rotatable bonds is 7. The Balaban J connectivity index is 1.63. The molecule has 0 bridgehead atoms. The maximum absolute atomic E-state index is 13.5. The van der Waals surface area contributed by atoms with Crippen molar-refractivity contribution in [1.29, 1.82) is 0 Å². The first-order valence-corrected chi connectivity index (χ1v) is 10.3. The van der Waals surface area contributed by atoms with Gasteiger partial charge in [0.15, 0.2) is 0 Å². The number of benzene rings is 1. The summed E-state index contributed by atoms with van der Waals surface area (Å²) in [5, 5.41) is 9.85. The minimum absolute atomic E-state index is 0.237. The standard InChI is InChI=1S/C20H26F2N6O3/c1-3-30-6-4-5-23-20(26-19(29)16-11-24-31-12(16)2)25-18-10-17(27-28-18)13-7-14(21)9-15(22)8-13/h7-9,12,16-17,24H,3-6,10-11H2,1-2H3,(H,23,26,29)/p+1. The van der Waals surface area contributed by atoms with Gasteiger partial charge in [-0.1, -0.05) is 4.79 Å². The van der Waals surface area contributed by atoms with Crippen LogP contribution in [0.4, 0.5) is 8.78 Å². The van der Waals surface area contributed by atoms with Gasteiger partial charge < -0.3 is 4.74 Å². The number of guanidine groups is 1. The van der Waals surface area contributed by atoms with Gasteiger partial charge in [0.2, 0.25) is 5.91 Å². The number of nitrogens with one attached hydrogen (secondary N) is 3. The molecule has 2 aliphatic heterocycles. The lowest BCUT2D eigenvalue weighted by Crippen LogP contribution is -2.47. The highest BCUT2D eigenvalue weighted by atomic mass is 19.1. The van der Waals surface area contributed by atoms with E-state index in [9.17, 15) is 13.6 Å². The first kappa shape index (κ1) is 23.0. The molecule has 0 radical (unpaired) electrons. The molecule has 9 nitrogen and oxygen atoms in total. The predicted molar refractivity (Wildman–Crippen MR) is 108 cm³/mol. The zero-order valence-electron chi connectivity index (χ0n) is 17.5. The molecule has 1 saturated heterocycles. The van der Waals surface area contributed by atoms with Gasteiger partial charge in [0.1, 0.15) is 24.1 Å². The van der Waals surface area contributed by atoms with Gasteiger partial charge in [-0.2, -0.15) is 5.32 Å². The van der Waals surface area contributed by atoms with Crippen molar-refractivity contribution in [2.45, 2.75) is 38.8 Å².